The second-order valence-corrected chi connectivity index (χ2v) is 5.87. The van der Waals surface area contributed by atoms with Crippen molar-refractivity contribution in [2.45, 2.75) is 32.7 Å². The van der Waals surface area contributed by atoms with Crippen LogP contribution in [0.25, 0.3) is 11.3 Å². The Balaban J connectivity index is 1.96. The van der Waals surface area contributed by atoms with Crippen molar-refractivity contribution in [1.29, 1.82) is 0 Å². The Bertz CT molecular complexity index is 578. The van der Waals surface area contributed by atoms with Crippen molar-refractivity contribution in [1.82, 2.24) is 4.98 Å². The number of benzene rings is 1. The van der Waals surface area contributed by atoms with Crippen molar-refractivity contribution < 1.29 is 9.90 Å². The largest absolute Gasteiger partial charge is 0.481 e. The smallest absolute Gasteiger partial charge is 0.303 e. The van der Waals surface area contributed by atoms with Gasteiger partial charge < -0.3 is 10.4 Å². The standard InChI is InChI=1S/C15H18N2O2S/c1-10(3-8-15(18)19)16-13-6-4-12(5-7-13)14-9-20-11(2)17-14/h4-7,9-10,16H,3,8H2,1-2H3,(H,18,19). The molecule has 1 atom stereocenters. The molecule has 2 aromatic rings. The van der Waals surface area contributed by atoms with Crippen LogP contribution in [0.4, 0.5) is 5.69 Å². The molecular weight excluding hydrogens is 272 g/mol. The number of anilines is 1. The topological polar surface area (TPSA) is 62.2 Å². The van der Waals surface area contributed by atoms with Crippen molar-refractivity contribution in [3.05, 3.63) is 34.7 Å². The van der Waals surface area contributed by atoms with Gasteiger partial charge in [-0.3, -0.25) is 4.79 Å². The van der Waals surface area contributed by atoms with Crippen LogP contribution in [-0.2, 0) is 4.79 Å². The maximum Gasteiger partial charge on any atom is 0.303 e. The van der Waals surface area contributed by atoms with E-state index < -0.39 is 5.97 Å². The van der Waals surface area contributed by atoms with Crippen molar-refractivity contribution >= 4 is 23.0 Å². The first-order chi connectivity index (χ1) is 9.54. The molecule has 0 fully saturated rings. The molecule has 1 aromatic heterocycles. The Hall–Kier alpha value is -1.88. The molecule has 20 heavy (non-hydrogen) atoms. The third-order valence-electron chi connectivity index (χ3n) is 3.00. The van der Waals surface area contributed by atoms with E-state index in [-0.39, 0.29) is 12.5 Å². The van der Waals surface area contributed by atoms with Crippen molar-refractivity contribution in [3.63, 3.8) is 0 Å². The van der Waals surface area contributed by atoms with E-state index in [0.717, 1.165) is 22.0 Å². The number of aryl methyl sites for hydroxylation is 1. The van der Waals surface area contributed by atoms with Crippen LogP contribution in [-0.4, -0.2) is 22.1 Å². The molecule has 0 aliphatic carbocycles. The molecule has 0 aliphatic rings. The highest BCUT2D eigenvalue weighted by molar-refractivity contribution is 7.09. The molecule has 0 aliphatic heterocycles. The van der Waals surface area contributed by atoms with E-state index in [4.69, 9.17) is 5.11 Å². The minimum atomic E-state index is -0.757. The Morgan fingerprint density at radius 3 is 2.65 bits per heavy atom. The number of aliphatic carboxylic acids is 1. The number of nitrogens with zero attached hydrogens (tertiary/aromatic N) is 1. The summed E-state index contributed by atoms with van der Waals surface area (Å²) in [6.07, 6.45) is 0.798. The fourth-order valence-electron chi connectivity index (χ4n) is 1.93. The lowest BCUT2D eigenvalue weighted by Crippen LogP contribution is -2.16. The summed E-state index contributed by atoms with van der Waals surface area (Å²) < 4.78 is 0. The highest BCUT2D eigenvalue weighted by atomic mass is 32.1. The summed E-state index contributed by atoms with van der Waals surface area (Å²) in [5, 5.41) is 15.1. The predicted molar refractivity (Wildman–Crippen MR) is 82.2 cm³/mol. The van der Waals surface area contributed by atoms with Gasteiger partial charge in [0.2, 0.25) is 0 Å². The molecule has 1 aromatic carbocycles. The van der Waals surface area contributed by atoms with Gasteiger partial charge in [-0.1, -0.05) is 12.1 Å². The van der Waals surface area contributed by atoms with Crippen LogP contribution < -0.4 is 5.32 Å². The van der Waals surface area contributed by atoms with E-state index in [9.17, 15) is 4.79 Å². The predicted octanol–water partition coefficient (Wildman–Crippen LogP) is 3.78. The lowest BCUT2D eigenvalue weighted by atomic mass is 10.1. The summed E-state index contributed by atoms with van der Waals surface area (Å²) in [5.74, 6) is -0.757. The van der Waals surface area contributed by atoms with Crippen molar-refractivity contribution in [2.75, 3.05) is 5.32 Å². The van der Waals surface area contributed by atoms with Gasteiger partial charge in [-0.05, 0) is 32.4 Å². The highest BCUT2D eigenvalue weighted by Crippen LogP contribution is 2.23. The van der Waals surface area contributed by atoms with Crippen LogP contribution in [0, 0.1) is 6.92 Å². The summed E-state index contributed by atoms with van der Waals surface area (Å²) in [4.78, 5) is 15.0. The molecule has 1 heterocycles. The number of rotatable bonds is 6. The lowest BCUT2D eigenvalue weighted by Gasteiger charge is -2.14. The van der Waals surface area contributed by atoms with E-state index in [1.165, 1.54) is 0 Å². The molecule has 2 N–H and O–H groups in total. The molecule has 2 rings (SSSR count). The van der Waals surface area contributed by atoms with Crippen LogP contribution in [0.2, 0.25) is 0 Å². The average Bonchev–Trinajstić information content (AvgIpc) is 2.84. The Kier molecular flexibility index (Phi) is 4.74. The van der Waals surface area contributed by atoms with Gasteiger partial charge in [0, 0.05) is 29.1 Å². The van der Waals surface area contributed by atoms with Crippen LogP contribution in [0.3, 0.4) is 0 Å². The fraction of sp³-hybridized carbons (Fsp3) is 0.333. The van der Waals surface area contributed by atoms with Crippen molar-refractivity contribution in [2.24, 2.45) is 0 Å². The minimum absolute atomic E-state index is 0.137. The van der Waals surface area contributed by atoms with E-state index >= 15 is 0 Å². The summed E-state index contributed by atoms with van der Waals surface area (Å²) in [6.45, 7) is 3.98. The summed E-state index contributed by atoms with van der Waals surface area (Å²) in [6, 6.07) is 8.20. The number of carboxylic acid groups (broad SMARTS) is 1. The molecule has 0 radical (unpaired) electrons. The Morgan fingerprint density at radius 2 is 2.10 bits per heavy atom. The van der Waals surface area contributed by atoms with Gasteiger partial charge >= 0.3 is 5.97 Å². The minimum Gasteiger partial charge on any atom is -0.481 e. The average molecular weight is 290 g/mol. The summed E-state index contributed by atoms with van der Waals surface area (Å²) in [5.41, 5.74) is 3.09. The molecular formula is C15H18N2O2S. The number of aromatic nitrogens is 1. The molecule has 1 unspecified atom stereocenters. The highest BCUT2D eigenvalue weighted by Gasteiger charge is 2.06. The second-order valence-electron chi connectivity index (χ2n) is 4.81. The zero-order valence-corrected chi connectivity index (χ0v) is 12.4. The van der Waals surface area contributed by atoms with Gasteiger partial charge in [0.05, 0.1) is 10.7 Å². The first-order valence-electron chi connectivity index (χ1n) is 6.55. The second kappa shape index (κ2) is 6.52. The zero-order chi connectivity index (χ0) is 14.5. The number of nitrogens with one attached hydrogen (secondary N) is 1. The normalized spacial score (nSPS) is 12.1. The third-order valence-corrected chi connectivity index (χ3v) is 3.78. The number of carboxylic acids is 1. The van der Waals surface area contributed by atoms with Gasteiger partial charge in [0.1, 0.15) is 0 Å². The van der Waals surface area contributed by atoms with E-state index in [2.05, 4.69) is 10.3 Å². The summed E-state index contributed by atoms with van der Waals surface area (Å²) >= 11 is 1.64. The van der Waals surface area contributed by atoms with Crippen LogP contribution in [0.5, 0.6) is 0 Å². The zero-order valence-electron chi connectivity index (χ0n) is 11.6. The molecule has 0 amide bonds. The number of carbonyl (C=O) groups is 1. The maximum absolute atomic E-state index is 10.5. The van der Waals surface area contributed by atoms with Crippen LogP contribution in [0.15, 0.2) is 29.6 Å². The molecule has 106 valence electrons. The molecule has 4 nitrogen and oxygen atoms in total. The van der Waals surface area contributed by atoms with E-state index in [0.29, 0.717) is 6.42 Å². The lowest BCUT2D eigenvalue weighted by molar-refractivity contribution is -0.137. The van der Waals surface area contributed by atoms with Gasteiger partial charge in [0.25, 0.3) is 0 Å². The van der Waals surface area contributed by atoms with Gasteiger partial charge in [-0.2, -0.15) is 0 Å². The van der Waals surface area contributed by atoms with Gasteiger partial charge in [-0.15, -0.1) is 11.3 Å². The van der Waals surface area contributed by atoms with E-state index in [1.807, 2.05) is 43.5 Å². The van der Waals surface area contributed by atoms with Crippen molar-refractivity contribution in [3.8, 4) is 11.3 Å². The Labute approximate surface area is 122 Å². The van der Waals surface area contributed by atoms with Crippen LogP contribution in [0.1, 0.15) is 24.8 Å². The fourth-order valence-corrected chi connectivity index (χ4v) is 2.55. The quantitative estimate of drug-likeness (QED) is 0.849. The first-order valence-corrected chi connectivity index (χ1v) is 7.43. The number of hydrogen-bond acceptors (Lipinski definition) is 4. The molecule has 5 heteroatoms. The molecule has 0 saturated heterocycles. The Morgan fingerprint density at radius 1 is 1.40 bits per heavy atom. The monoisotopic (exact) mass is 290 g/mol. The van der Waals surface area contributed by atoms with Gasteiger partial charge in [-0.25, -0.2) is 4.98 Å². The van der Waals surface area contributed by atoms with Gasteiger partial charge in [0.15, 0.2) is 0 Å². The van der Waals surface area contributed by atoms with Crippen LogP contribution >= 0.6 is 11.3 Å². The molecule has 0 saturated carbocycles. The SMILES string of the molecule is Cc1nc(-c2ccc(NC(C)CCC(=O)O)cc2)cs1. The number of hydrogen-bond donors (Lipinski definition) is 2. The molecule has 0 bridgehead atoms. The third kappa shape index (κ3) is 4.06. The number of thiazole rings is 1. The first kappa shape index (κ1) is 14.5. The summed E-state index contributed by atoms with van der Waals surface area (Å²) in [7, 11) is 0. The molecule has 0 spiro atoms. The maximum atomic E-state index is 10.5. The van der Waals surface area contributed by atoms with E-state index in [1.54, 1.807) is 11.3 Å².